The molecule has 432 valence electrons. The molecule has 2 aliphatic heterocycles. The number of benzene rings is 8. The third kappa shape index (κ3) is 14.4. The maximum atomic E-state index is 13.9. The van der Waals surface area contributed by atoms with E-state index in [1.54, 1.807) is 12.1 Å². The van der Waals surface area contributed by atoms with E-state index in [9.17, 15) is 9.59 Å². The maximum absolute atomic E-state index is 13.9. The molecule has 2 aromatic heterocycles. The Labute approximate surface area is 535 Å². The van der Waals surface area contributed by atoms with Gasteiger partial charge >= 0.3 is 123 Å². The summed E-state index contributed by atoms with van der Waals surface area (Å²) in [5.74, 6) is -0.0347. The number of nitrogens with zero attached hydrogens (tertiary/aromatic N) is 7. The topological polar surface area (TPSA) is 93.6 Å². The summed E-state index contributed by atoms with van der Waals surface area (Å²) in [4.78, 5) is 35.4. The first-order valence-corrected chi connectivity index (χ1v) is 35.2. The minimum atomic E-state index is -2.06. The molecule has 0 bridgehead atoms. The second kappa shape index (κ2) is 28.2. The fraction of sp³-hybridized carbons (Fsp3) is 0.176. The Bertz CT molecular complexity index is 3780. The molecule has 2 fully saturated rings. The van der Waals surface area contributed by atoms with Gasteiger partial charge in [-0.05, 0) is 112 Å². The molecule has 4 heterocycles. The quantitative estimate of drug-likeness (QED) is 0.137. The van der Waals surface area contributed by atoms with E-state index in [-0.39, 0.29) is 23.9 Å². The van der Waals surface area contributed by atoms with Gasteiger partial charge in [-0.25, -0.2) is 4.68 Å². The number of nitrogens with one attached hydrogen (secondary N) is 1. The summed E-state index contributed by atoms with van der Waals surface area (Å²) in [5.41, 5.74) is 9.14. The summed E-state index contributed by atoms with van der Waals surface area (Å²) in [6, 6.07) is 69.1. The molecular formula is C68H61BiCl6N8O2. The molecule has 0 spiro atoms. The van der Waals surface area contributed by atoms with Gasteiger partial charge in [-0.3, -0.25) is 14.7 Å². The Balaban J connectivity index is 0.000000148. The van der Waals surface area contributed by atoms with Crippen LogP contribution in [0.3, 0.4) is 0 Å². The molecule has 2 aliphatic rings. The number of carbonyl (C=O) groups excluding carboxylic acids is 2. The monoisotopic (exact) mass is 1440 g/mol. The van der Waals surface area contributed by atoms with Crippen LogP contribution in [0.15, 0.2) is 206 Å². The predicted octanol–water partition coefficient (Wildman–Crippen LogP) is 15.0. The number of aromatic amines is 1. The Kier molecular flexibility index (Phi) is 20.4. The van der Waals surface area contributed by atoms with Gasteiger partial charge in [-0.2, -0.15) is 10.2 Å². The van der Waals surface area contributed by atoms with Crippen LogP contribution in [0.4, 0.5) is 11.4 Å². The van der Waals surface area contributed by atoms with Crippen molar-refractivity contribution in [3.05, 3.63) is 281 Å². The van der Waals surface area contributed by atoms with Gasteiger partial charge in [-0.15, -0.1) is 0 Å². The number of para-hydroxylation sites is 1. The van der Waals surface area contributed by atoms with Crippen LogP contribution in [0.25, 0.3) is 5.69 Å². The average molecular weight is 1440 g/mol. The molecule has 1 N–H and O–H groups in total. The fourth-order valence-electron chi connectivity index (χ4n) is 11.0. The van der Waals surface area contributed by atoms with Crippen LogP contribution in [0.5, 0.6) is 0 Å². The van der Waals surface area contributed by atoms with Gasteiger partial charge in [0.2, 0.25) is 0 Å². The van der Waals surface area contributed by atoms with Gasteiger partial charge in [0.15, 0.2) is 0 Å². The number of hydrogen-bond acceptors (Lipinski definition) is 6. The van der Waals surface area contributed by atoms with Gasteiger partial charge < -0.3 is 19.6 Å². The van der Waals surface area contributed by atoms with E-state index >= 15 is 0 Å². The van der Waals surface area contributed by atoms with Gasteiger partial charge in [-0.1, -0.05) is 112 Å². The molecular weight excluding hydrogens is 1380 g/mol. The van der Waals surface area contributed by atoms with Crippen LogP contribution in [0, 0.1) is 27.7 Å². The Hall–Kier alpha value is -6.66. The summed E-state index contributed by atoms with van der Waals surface area (Å²) in [6.45, 7) is 10.9. The summed E-state index contributed by atoms with van der Waals surface area (Å²) >= 11 is 35.6. The zero-order chi connectivity index (χ0) is 59.7. The summed E-state index contributed by atoms with van der Waals surface area (Å²) in [6.07, 6.45) is 0. The number of halogens is 6. The molecule has 12 rings (SSSR count). The van der Waals surface area contributed by atoms with Crippen molar-refractivity contribution in [3.63, 3.8) is 0 Å². The van der Waals surface area contributed by atoms with E-state index in [2.05, 4.69) is 116 Å². The van der Waals surface area contributed by atoms with Crippen LogP contribution < -0.4 is 19.6 Å². The molecule has 2 saturated heterocycles. The zero-order valence-corrected chi connectivity index (χ0v) is 55.2. The van der Waals surface area contributed by atoms with Crippen molar-refractivity contribution < 1.29 is 9.59 Å². The van der Waals surface area contributed by atoms with Crippen LogP contribution >= 0.6 is 69.6 Å². The number of hydrogen-bond donors (Lipinski definition) is 1. The van der Waals surface area contributed by atoms with Crippen molar-refractivity contribution in [1.82, 2.24) is 29.8 Å². The van der Waals surface area contributed by atoms with E-state index in [4.69, 9.17) is 69.6 Å². The average Bonchev–Trinajstić information content (AvgIpc) is 3.28. The van der Waals surface area contributed by atoms with Crippen LogP contribution in [-0.2, 0) is 0 Å². The first kappa shape index (κ1) is 61.4. The van der Waals surface area contributed by atoms with Gasteiger partial charge in [0.1, 0.15) is 0 Å². The number of aromatic nitrogens is 4. The Morgan fingerprint density at radius 2 is 0.847 bits per heavy atom. The summed E-state index contributed by atoms with van der Waals surface area (Å²) in [7, 11) is 0. The molecule has 8 aromatic carbocycles. The van der Waals surface area contributed by atoms with E-state index in [1.807, 2.05) is 145 Å². The molecule has 17 heteroatoms. The van der Waals surface area contributed by atoms with Crippen molar-refractivity contribution in [2.45, 2.75) is 39.8 Å². The molecule has 0 saturated carbocycles. The minimum absolute atomic E-state index is 0.0143. The first-order valence-electron chi connectivity index (χ1n) is 27.7. The van der Waals surface area contributed by atoms with Crippen LogP contribution in [0.2, 0.25) is 30.1 Å². The van der Waals surface area contributed by atoms with Gasteiger partial charge in [0.05, 0.1) is 67.4 Å². The Morgan fingerprint density at radius 3 is 1.24 bits per heavy atom. The number of aryl methyl sites for hydroxylation is 3. The molecule has 10 nitrogen and oxygen atoms in total. The van der Waals surface area contributed by atoms with E-state index in [1.165, 1.54) is 9.81 Å². The molecule has 2 amide bonds. The molecule has 0 aliphatic carbocycles. The number of amides is 2. The van der Waals surface area contributed by atoms with Crippen molar-refractivity contribution in [1.29, 1.82) is 0 Å². The number of anilines is 2. The van der Waals surface area contributed by atoms with Gasteiger partial charge in [0, 0.05) is 65.1 Å². The zero-order valence-electron chi connectivity index (χ0n) is 47.2. The van der Waals surface area contributed by atoms with E-state index in [0.717, 1.165) is 39.6 Å². The molecule has 10 aromatic rings. The second-order valence-corrected chi connectivity index (χ2v) is 31.8. The van der Waals surface area contributed by atoms with E-state index in [0.29, 0.717) is 91.9 Å². The number of piperazine rings is 2. The molecule has 2 atom stereocenters. The van der Waals surface area contributed by atoms with Gasteiger partial charge in [0.25, 0.3) is 11.8 Å². The summed E-state index contributed by atoms with van der Waals surface area (Å²) in [5, 5.41) is 15.4. The standard InChI is InChI=1S/C28H25Cl3N4O.C22H21Cl3N4O.3C6H5.Bi/c1-18-27(19(2)35(32-18)23-6-4-3-5-7-23)28(36)33-14-15-34(25-13-12-22(30)16-24(25)31)26(17-33)20-8-10-21(29)11-9-20;1-13-21(14(2)27-26-13)22(30)28-9-10-29(19-8-7-17(24)11-18(19)25)20(12-28)15-3-5-16(23)6-4-15;3*1-2-4-6-5-3-1;/h3-13,16,26H,14-15,17H2,1-2H3;3-8,11,20H,9-10,12H2,1-2H3,(H,26,27);3*1-5H;. The molecule has 0 radical (unpaired) electrons. The van der Waals surface area contributed by atoms with Crippen LogP contribution in [-0.4, -0.2) is 103 Å². The number of carbonyl (C=O) groups is 2. The second-order valence-electron chi connectivity index (χ2n) is 20.7. The van der Waals surface area contributed by atoms with Crippen molar-refractivity contribution in [2.24, 2.45) is 0 Å². The molecule has 85 heavy (non-hydrogen) atoms. The number of rotatable bonds is 10. The number of H-pyrrole nitrogens is 1. The van der Waals surface area contributed by atoms with Crippen molar-refractivity contribution >= 4 is 124 Å². The SMILES string of the molecule is Cc1n[nH]c(C)c1C(=O)N1CCN(c2ccc(Cl)cc2Cl)C(c2ccc(Cl)cc2)C1.Cc1nn(-c2ccccc2)c(C)c1C(=O)N1CCN(c2ccc(Cl)cc2Cl)C(c2ccc(Cl)cc2)C1.c1cc[c]([Bi]([c]2ccccc2)[c]2ccccc2)cc1. The Morgan fingerprint density at radius 1 is 0.459 bits per heavy atom. The predicted molar refractivity (Wildman–Crippen MR) is 353 cm³/mol. The summed E-state index contributed by atoms with van der Waals surface area (Å²) < 4.78 is 6.45. The molecule has 2 unspecified atom stereocenters. The fourth-order valence-corrected chi connectivity index (χ4v) is 21.3. The van der Waals surface area contributed by atoms with E-state index < -0.39 is 21.8 Å². The van der Waals surface area contributed by atoms with Crippen molar-refractivity contribution in [3.8, 4) is 5.69 Å². The van der Waals surface area contributed by atoms with Crippen LogP contribution in [0.1, 0.15) is 66.7 Å². The third-order valence-corrected chi connectivity index (χ3v) is 26.3. The third-order valence-electron chi connectivity index (χ3n) is 15.2. The normalized spacial score (nSPS) is 15.0. The first-order chi connectivity index (χ1) is 41.1. The van der Waals surface area contributed by atoms with Crippen molar-refractivity contribution in [2.75, 3.05) is 49.1 Å².